The molecule has 0 saturated carbocycles. The van der Waals surface area contributed by atoms with Crippen LogP contribution in [-0.4, -0.2) is 12.6 Å². The van der Waals surface area contributed by atoms with Gasteiger partial charge in [-0.1, -0.05) is 68.2 Å². The average Bonchev–Trinajstić information content (AvgIpc) is 2.50. The minimum Gasteiger partial charge on any atom is -0.466 e. The number of hydrogen-bond acceptors (Lipinski definition) is 2. The zero-order valence-corrected chi connectivity index (χ0v) is 13.4. The normalized spacial score (nSPS) is 11.4. The number of allylic oxidation sites excluding steroid dienone is 1. The van der Waals surface area contributed by atoms with Gasteiger partial charge in [0.15, 0.2) is 0 Å². The van der Waals surface area contributed by atoms with Crippen LogP contribution in [0.5, 0.6) is 0 Å². The molecule has 2 nitrogen and oxygen atoms in total. The fourth-order valence-electron chi connectivity index (χ4n) is 2.33. The van der Waals surface area contributed by atoms with Crippen molar-refractivity contribution in [1.29, 1.82) is 0 Å². The van der Waals surface area contributed by atoms with Gasteiger partial charge in [0, 0.05) is 6.42 Å². The molecule has 0 spiro atoms. The molecule has 21 heavy (non-hydrogen) atoms. The van der Waals surface area contributed by atoms with Crippen LogP contribution in [0.15, 0.2) is 35.9 Å². The van der Waals surface area contributed by atoms with E-state index in [1.54, 1.807) is 0 Å². The van der Waals surface area contributed by atoms with Gasteiger partial charge in [-0.15, -0.1) is 0 Å². The molecule has 0 heterocycles. The van der Waals surface area contributed by atoms with Crippen molar-refractivity contribution in [3.63, 3.8) is 0 Å². The number of ether oxygens (including phenoxy) is 1. The van der Waals surface area contributed by atoms with Gasteiger partial charge in [0.1, 0.15) is 0 Å². The highest BCUT2D eigenvalue weighted by Crippen LogP contribution is 2.19. The molecule has 1 aromatic rings. The van der Waals surface area contributed by atoms with Crippen molar-refractivity contribution in [1.82, 2.24) is 0 Å². The van der Waals surface area contributed by atoms with Crippen LogP contribution in [-0.2, 0) is 9.53 Å². The van der Waals surface area contributed by atoms with Crippen molar-refractivity contribution >= 4 is 12.0 Å². The van der Waals surface area contributed by atoms with E-state index >= 15 is 0 Å². The maximum absolute atomic E-state index is 11.5. The van der Waals surface area contributed by atoms with Crippen molar-refractivity contribution in [2.75, 3.05) is 6.61 Å². The van der Waals surface area contributed by atoms with E-state index in [4.69, 9.17) is 4.74 Å². The first kappa shape index (κ1) is 17.5. The van der Waals surface area contributed by atoms with Crippen LogP contribution in [0.3, 0.4) is 0 Å². The Balaban J connectivity index is 2.57. The minimum atomic E-state index is -0.0926. The molecule has 0 unspecified atom stereocenters. The van der Waals surface area contributed by atoms with Gasteiger partial charge in [-0.3, -0.25) is 4.79 Å². The molecule has 0 radical (unpaired) electrons. The highest BCUT2D eigenvalue weighted by Gasteiger charge is 2.05. The number of hydrogen-bond donors (Lipinski definition) is 0. The molecule has 0 fully saturated rings. The quantitative estimate of drug-likeness (QED) is 0.426. The molecule has 1 aromatic carbocycles. The summed E-state index contributed by atoms with van der Waals surface area (Å²) < 4.78 is 5.02. The van der Waals surface area contributed by atoms with Gasteiger partial charge < -0.3 is 4.74 Å². The molecule has 1 rings (SSSR count). The zero-order chi connectivity index (χ0) is 15.3. The predicted octanol–water partition coefficient (Wildman–Crippen LogP) is 5.38. The lowest BCUT2D eigenvalue weighted by molar-refractivity contribution is -0.143. The molecule has 0 amide bonds. The van der Waals surface area contributed by atoms with Crippen molar-refractivity contribution in [2.45, 2.75) is 58.8 Å². The first-order chi connectivity index (χ1) is 10.3. The van der Waals surface area contributed by atoms with Gasteiger partial charge in [0.25, 0.3) is 0 Å². The van der Waals surface area contributed by atoms with Crippen molar-refractivity contribution < 1.29 is 9.53 Å². The SMILES string of the molecule is CCCCCC/C(=C\c1ccccc1)CCC(=O)OCC. The molecule has 2 heteroatoms. The summed E-state index contributed by atoms with van der Waals surface area (Å²) in [5.41, 5.74) is 2.57. The number of carbonyl (C=O) groups is 1. The van der Waals surface area contributed by atoms with Crippen LogP contribution in [0.1, 0.15) is 64.4 Å². The Bertz CT molecular complexity index is 420. The summed E-state index contributed by atoms with van der Waals surface area (Å²) in [6.07, 6.45) is 9.61. The van der Waals surface area contributed by atoms with Gasteiger partial charge in [0.2, 0.25) is 0 Å². The summed E-state index contributed by atoms with van der Waals surface area (Å²) in [5, 5.41) is 0. The van der Waals surface area contributed by atoms with Crippen LogP contribution >= 0.6 is 0 Å². The van der Waals surface area contributed by atoms with E-state index in [9.17, 15) is 4.79 Å². The molecular formula is C19H28O2. The van der Waals surface area contributed by atoms with Crippen molar-refractivity contribution in [3.05, 3.63) is 41.5 Å². The number of unbranched alkanes of at least 4 members (excludes halogenated alkanes) is 3. The Morgan fingerprint density at radius 3 is 2.43 bits per heavy atom. The van der Waals surface area contributed by atoms with Gasteiger partial charge in [0.05, 0.1) is 6.61 Å². The van der Waals surface area contributed by atoms with E-state index < -0.39 is 0 Å². The van der Waals surface area contributed by atoms with Crippen LogP contribution in [0.2, 0.25) is 0 Å². The second-order valence-corrected chi connectivity index (χ2v) is 5.33. The third-order valence-electron chi connectivity index (χ3n) is 3.48. The Labute approximate surface area is 129 Å². The lowest BCUT2D eigenvalue weighted by Gasteiger charge is -2.08. The van der Waals surface area contributed by atoms with E-state index in [2.05, 4.69) is 25.1 Å². The molecule has 0 N–H and O–H groups in total. The molecule has 0 aliphatic rings. The fourth-order valence-corrected chi connectivity index (χ4v) is 2.33. The minimum absolute atomic E-state index is 0.0926. The third-order valence-corrected chi connectivity index (χ3v) is 3.48. The summed E-state index contributed by atoms with van der Waals surface area (Å²) >= 11 is 0. The largest absolute Gasteiger partial charge is 0.466 e. The average molecular weight is 288 g/mol. The van der Waals surface area contributed by atoms with Gasteiger partial charge in [-0.05, 0) is 31.7 Å². The molecule has 0 bridgehead atoms. The van der Waals surface area contributed by atoms with Gasteiger partial charge in [-0.2, -0.15) is 0 Å². The van der Waals surface area contributed by atoms with E-state index in [0.717, 1.165) is 12.8 Å². The van der Waals surface area contributed by atoms with Gasteiger partial charge in [-0.25, -0.2) is 0 Å². The Morgan fingerprint density at radius 2 is 1.76 bits per heavy atom. The second-order valence-electron chi connectivity index (χ2n) is 5.33. The van der Waals surface area contributed by atoms with Gasteiger partial charge >= 0.3 is 5.97 Å². The van der Waals surface area contributed by atoms with Crippen molar-refractivity contribution in [3.8, 4) is 0 Å². The van der Waals surface area contributed by atoms with E-state index in [-0.39, 0.29) is 5.97 Å². The maximum atomic E-state index is 11.5. The third kappa shape index (κ3) is 8.34. The topological polar surface area (TPSA) is 26.3 Å². The number of rotatable bonds is 10. The summed E-state index contributed by atoms with van der Waals surface area (Å²) in [6, 6.07) is 10.3. The molecule has 0 saturated heterocycles. The molecule has 0 aromatic heterocycles. The van der Waals surface area contributed by atoms with Crippen LogP contribution < -0.4 is 0 Å². The summed E-state index contributed by atoms with van der Waals surface area (Å²) in [5.74, 6) is -0.0926. The monoisotopic (exact) mass is 288 g/mol. The van der Waals surface area contributed by atoms with Crippen LogP contribution in [0.4, 0.5) is 0 Å². The molecular weight excluding hydrogens is 260 g/mol. The van der Waals surface area contributed by atoms with Crippen LogP contribution in [0.25, 0.3) is 6.08 Å². The Morgan fingerprint density at radius 1 is 1.00 bits per heavy atom. The maximum Gasteiger partial charge on any atom is 0.306 e. The first-order valence-corrected chi connectivity index (χ1v) is 8.16. The molecule has 116 valence electrons. The second kappa shape index (κ2) is 11.1. The van der Waals surface area contributed by atoms with Crippen molar-refractivity contribution in [2.24, 2.45) is 0 Å². The van der Waals surface area contributed by atoms with Crippen LogP contribution in [0, 0.1) is 0 Å². The Kier molecular flexibility index (Phi) is 9.26. The van der Waals surface area contributed by atoms with E-state index in [0.29, 0.717) is 13.0 Å². The smallest absolute Gasteiger partial charge is 0.306 e. The lowest BCUT2D eigenvalue weighted by Crippen LogP contribution is -2.04. The molecule has 0 atom stereocenters. The summed E-state index contributed by atoms with van der Waals surface area (Å²) in [7, 11) is 0. The highest BCUT2D eigenvalue weighted by molar-refractivity contribution is 5.70. The molecule has 0 aliphatic carbocycles. The first-order valence-electron chi connectivity index (χ1n) is 8.16. The number of benzene rings is 1. The molecule has 0 aliphatic heterocycles. The number of carbonyl (C=O) groups excluding carboxylic acids is 1. The zero-order valence-electron chi connectivity index (χ0n) is 13.4. The van der Waals surface area contributed by atoms with E-state index in [1.165, 1.54) is 36.8 Å². The predicted molar refractivity (Wildman–Crippen MR) is 89.0 cm³/mol. The number of esters is 1. The summed E-state index contributed by atoms with van der Waals surface area (Å²) in [4.78, 5) is 11.5. The highest BCUT2D eigenvalue weighted by atomic mass is 16.5. The standard InChI is InChI=1S/C19H28O2/c1-3-5-6-8-13-18(14-15-19(20)21-4-2)16-17-11-9-7-10-12-17/h7,9-12,16H,3-6,8,13-15H2,1-2H3/b18-16+. The Hall–Kier alpha value is -1.57. The van der Waals surface area contributed by atoms with E-state index in [1.807, 2.05) is 25.1 Å². The fraction of sp³-hybridized carbons (Fsp3) is 0.526. The lowest BCUT2D eigenvalue weighted by atomic mass is 9.99. The summed E-state index contributed by atoms with van der Waals surface area (Å²) in [6.45, 7) is 4.54.